The van der Waals surface area contributed by atoms with Gasteiger partial charge in [-0.15, -0.1) is 0 Å². The molecule has 1 heterocycles. The van der Waals surface area contributed by atoms with E-state index in [1.54, 1.807) is 0 Å². The van der Waals surface area contributed by atoms with Gasteiger partial charge in [0.2, 0.25) is 17.8 Å². The highest BCUT2D eigenvalue weighted by Crippen LogP contribution is 2.19. The van der Waals surface area contributed by atoms with Gasteiger partial charge in [-0.1, -0.05) is 13.8 Å². The molecule has 0 unspecified atom stereocenters. The SMILES string of the molecule is CCN(CC)c1nc(NN)nc(N(CC(C)C)C(C)C)n1. The number of nitrogens with two attached hydrogens (primary N) is 1. The summed E-state index contributed by atoms with van der Waals surface area (Å²) in [5.74, 6) is 7.76. The summed E-state index contributed by atoms with van der Waals surface area (Å²) in [6.45, 7) is 15.4. The van der Waals surface area contributed by atoms with E-state index in [2.05, 4.69) is 71.7 Å². The van der Waals surface area contributed by atoms with E-state index in [4.69, 9.17) is 5.84 Å². The molecule has 0 aromatic carbocycles. The topological polar surface area (TPSA) is 83.2 Å². The zero-order chi connectivity index (χ0) is 16.0. The summed E-state index contributed by atoms with van der Waals surface area (Å²) >= 11 is 0. The third kappa shape index (κ3) is 4.70. The molecule has 7 nitrogen and oxygen atoms in total. The van der Waals surface area contributed by atoms with E-state index in [0.717, 1.165) is 19.6 Å². The second kappa shape index (κ2) is 7.97. The lowest BCUT2D eigenvalue weighted by Crippen LogP contribution is -2.36. The van der Waals surface area contributed by atoms with Gasteiger partial charge in [-0.3, -0.25) is 5.43 Å². The monoisotopic (exact) mass is 295 g/mol. The molecule has 1 aromatic heterocycles. The number of hydrazine groups is 1. The summed E-state index contributed by atoms with van der Waals surface area (Å²) in [4.78, 5) is 17.7. The minimum atomic E-state index is 0.310. The van der Waals surface area contributed by atoms with E-state index in [1.165, 1.54) is 0 Å². The van der Waals surface area contributed by atoms with E-state index < -0.39 is 0 Å². The lowest BCUT2D eigenvalue weighted by Gasteiger charge is -2.29. The third-order valence-electron chi connectivity index (χ3n) is 3.23. The predicted molar refractivity (Wildman–Crippen MR) is 88.5 cm³/mol. The fourth-order valence-corrected chi connectivity index (χ4v) is 2.11. The van der Waals surface area contributed by atoms with Crippen molar-refractivity contribution in [3.63, 3.8) is 0 Å². The maximum Gasteiger partial charge on any atom is 0.243 e. The van der Waals surface area contributed by atoms with Crippen molar-refractivity contribution in [3.05, 3.63) is 0 Å². The smallest absolute Gasteiger partial charge is 0.243 e. The molecule has 0 fully saturated rings. The molecule has 0 aliphatic carbocycles. The van der Waals surface area contributed by atoms with Crippen LogP contribution in [0.25, 0.3) is 0 Å². The van der Waals surface area contributed by atoms with Crippen LogP contribution >= 0.6 is 0 Å². The van der Waals surface area contributed by atoms with Crippen LogP contribution in [0.2, 0.25) is 0 Å². The maximum atomic E-state index is 5.51. The third-order valence-corrected chi connectivity index (χ3v) is 3.23. The van der Waals surface area contributed by atoms with Crippen LogP contribution in [0.3, 0.4) is 0 Å². The average molecular weight is 295 g/mol. The Balaban J connectivity index is 3.22. The van der Waals surface area contributed by atoms with Crippen molar-refractivity contribution in [2.24, 2.45) is 11.8 Å². The Morgan fingerprint density at radius 2 is 1.57 bits per heavy atom. The van der Waals surface area contributed by atoms with Crippen LogP contribution in [0.4, 0.5) is 17.8 Å². The number of aromatic nitrogens is 3. The van der Waals surface area contributed by atoms with E-state index in [0.29, 0.717) is 29.8 Å². The van der Waals surface area contributed by atoms with Gasteiger partial charge in [0.05, 0.1) is 0 Å². The molecule has 0 amide bonds. The van der Waals surface area contributed by atoms with Gasteiger partial charge in [0, 0.05) is 25.7 Å². The number of anilines is 3. The number of hydrogen-bond donors (Lipinski definition) is 2. The van der Waals surface area contributed by atoms with Crippen molar-refractivity contribution < 1.29 is 0 Å². The molecule has 1 rings (SSSR count). The molecule has 0 saturated carbocycles. The highest BCUT2D eigenvalue weighted by molar-refractivity contribution is 5.45. The Morgan fingerprint density at radius 1 is 1.00 bits per heavy atom. The predicted octanol–water partition coefficient (Wildman–Crippen LogP) is 1.87. The Bertz CT molecular complexity index is 429. The number of nitrogens with zero attached hydrogens (tertiary/aromatic N) is 5. The van der Waals surface area contributed by atoms with Gasteiger partial charge in [0.15, 0.2) is 0 Å². The molecule has 1 aromatic rings. The Kier molecular flexibility index (Phi) is 6.61. The highest BCUT2D eigenvalue weighted by Gasteiger charge is 2.19. The molecule has 0 bridgehead atoms. The van der Waals surface area contributed by atoms with Gasteiger partial charge >= 0.3 is 0 Å². The summed E-state index contributed by atoms with van der Waals surface area (Å²) in [7, 11) is 0. The highest BCUT2D eigenvalue weighted by atomic mass is 15.4. The number of nitrogens with one attached hydrogen (secondary N) is 1. The summed E-state index contributed by atoms with van der Waals surface area (Å²) in [5.41, 5.74) is 2.54. The van der Waals surface area contributed by atoms with Gasteiger partial charge in [-0.05, 0) is 33.6 Å². The van der Waals surface area contributed by atoms with Crippen LogP contribution in [-0.4, -0.2) is 40.6 Å². The first kappa shape index (κ1) is 17.4. The first-order chi connectivity index (χ1) is 9.92. The Hall–Kier alpha value is -1.63. The van der Waals surface area contributed by atoms with Gasteiger partial charge in [-0.2, -0.15) is 15.0 Å². The van der Waals surface area contributed by atoms with E-state index in [1.807, 2.05) is 0 Å². The van der Waals surface area contributed by atoms with Crippen LogP contribution in [0.5, 0.6) is 0 Å². The molecule has 3 N–H and O–H groups in total. The maximum absolute atomic E-state index is 5.51. The molecular formula is C14H29N7. The molecule has 0 atom stereocenters. The van der Waals surface area contributed by atoms with Gasteiger partial charge in [-0.25, -0.2) is 5.84 Å². The molecule has 0 radical (unpaired) electrons. The zero-order valence-corrected chi connectivity index (χ0v) is 14.1. The molecule has 0 saturated heterocycles. The zero-order valence-electron chi connectivity index (χ0n) is 14.1. The fraction of sp³-hybridized carbons (Fsp3) is 0.786. The van der Waals surface area contributed by atoms with Gasteiger partial charge in [0.1, 0.15) is 0 Å². The lowest BCUT2D eigenvalue weighted by atomic mass is 10.2. The van der Waals surface area contributed by atoms with E-state index in [-0.39, 0.29) is 0 Å². The molecule has 7 heteroatoms. The molecule has 0 aliphatic heterocycles. The summed E-state index contributed by atoms with van der Waals surface area (Å²) in [6.07, 6.45) is 0. The summed E-state index contributed by atoms with van der Waals surface area (Å²) in [5, 5.41) is 0. The van der Waals surface area contributed by atoms with Crippen LogP contribution in [-0.2, 0) is 0 Å². The normalized spacial score (nSPS) is 11.1. The van der Waals surface area contributed by atoms with Crippen molar-refractivity contribution >= 4 is 17.8 Å². The first-order valence-electron chi connectivity index (χ1n) is 7.67. The van der Waals surface area contributed by atoms with Crippen molar-refractivity contribution in [1.82, 2.24) is 15.0 Å². The second-order valence-electron chi connectivity index (χ2n) is 5.72. The molecular weight excluding hydrogens is 266 g/mol. The van der Waals surface area contributed by atoms with E-state index >= 15 is 0 Å². The van der Waals surface area contributed by atoms with Crippen molar-refractivity contribution in [3.8, 4) is 0 Å². The number of rotatable bonds is 8. The fourth-order valence-electron chi connectivity index (χ4n) is 2.11. The van der Waals surface area contributed by atoms with Gasteiger partial charge < -0.3 is 9.80 Å². The quantitative estimate of drug-likeness (QED) is 0.559. The lowest BCUT2D eigenvalue weighted by molar-refractivity contribution is 0.559. The van der Waals surface area contributed by atoms with Crippen LogP contribution in [0, 0.1) is 5.92 Å². The Morgan fingerprint density at radius 3 is 2.00 bits per heavy atom. The standard InChI is InChI=1S/C14H29N7/c1-7-20(8-2)13-16-12(19-15)17-14(18-13)21(11(5)6)9-10(3)4/h10-11H,7-9,15H2,1-6H3,(H,16,17,18,19). The second-order valence-corrected chi connectivity index (χ2v) is 5.72. The Labute approximate surface area is 127 Å². The average Bonchev–Trinajstić information content (AvgIpc) is 2.45. The first-order valence-corrected chi connectivity index (χ1v) is 7.67. The molecule has 21 heavy (non-hydrogen) atoms. The van der Waals surface area contributed by atoms with Crippen molar-refractivity contribution in [1.29, 1.82) is 0 Å². The van der Waals surface area contributed by atoms with E-state index in [9.17, 15) is 0 Å². The minimum Gasteiger partial charge on any atom is -0.341 e. The number of hydrogen-bond acceptors (Lipinski definition) is 7. The van der Waals surface area contributed by atoms with Crippen molar-refractivity contribution in [2.45, 2.75) is 47.6 Å². The molecule has 0 spiro atoms. The van der Waals surface area contributed by atoms with Crippen LogP contribution < -0.4 is 21.1 Å². The largest absolute Gasteiger partial charge is 0.341 e. The van der Waals surface area contributed by atoms with Crippen LogP contribution in [0.15, 0.2) is 0 Å². The minimum absolute atomic E-state index is 0.310. The molecule has 120 valence electrons. The van der Waals surface area contributed by atoms with Crippen molar-refractivity contribution in [2.75, 3.05) is 34.9 Å². The van der Waals surface area contributed by atoms with Gasteiger partial charge in [0.25, 0.3) is 0 Å². The molecule has 0 aliphatic rings. The number of nitrogen functional groups attached to an aromatic ring is 1. The summed E-state index contributed by atoms with van der Waals surface area (Å²) < 4.78 is 0. The summed E-state index contributed by atoms with van der Waals surface area (Å²) in [6, 6.07) is 0.310. The van der Waals surface area contributed by atoms with Crippen LogP contribution in [0.1, 0.15) is 41.5 Å².